The van der Waals surface area contributed by atoms with Gasteiger partial charge in [0.15, 0.2) is 0 Å². The van der Waals surface area contributed by atoms with Gasteiger partial charge in [0.25, 0.3) is 5.91 Å². The van der Waals surface area contributed by atoms with Crippen molar-refractivity contribution in [3.8, 4) is 0 Å². The van der Waals surface area contributed by atoms with Gasteiger partial charge in [-0.3, -0.25) is 9.59 Å². The van der Waals surface area contributed by atoms with Gasteiger partial charge in [0.2, 0.25) is 0 Å². The molecular formula is C14H18ClNO4. The molecule has 0 radical (unpaired) electrons. The third-order valence-corrected chi connectivity index (χ3v) is 3.20. The van der Waals surface area contributed by atoms with Crippen molar-refractivity contribution in [1.82, 2.24) is 4.90 Å². The molecule has 0 saturated heterocycles. The third kappa shape index (κ3) is 4.51. The molecule has 1 unspecified atom stereocenters. The van der Waals surface area contributed by atoms with E-state index in [-0.39, 0.29) is 12.5 Å². The number of hydrogen-bond acceptors (Lipinski definition) is 3. The molecule has 1 N–H and O–H groups in total. The number of carboxylic acid groups (broad SMARTS) is 1. The summed E-state index contributed by atoms with van der Waals surface area (Å²) in [6.45, 7) is 2.32. The summed E-state index contributed by atoms with van der Waals surface area (Å²) < 4.78 is 4.96. The van der Waals surface area contributed by atoms with Gasteiger partial charge in [0, 0.05) is 20.2 Å². The minimum absolute atomic E-state index is 0.114. The molecule has 0 aliphatic heterocycles. The Morgan fingerprint density at radius 1 is 1.40 bits per heavy atom. The fourth-order valence-corrected chi connectivity index (χ4v) is 1.91. The molecule has 0 heterocycles. The number of carboxylic acids is 1. The largest absolute Gasteiger partial charge is 0.481 e. The molecule has 0 bridgehead atoms. The van der Waals surface area contributed by atoms with E-state index >= 15 is 0 Å². The summed E-state index contributed by atoms with van der Waals surface area (Å²) in [5.74, 6) is -1.89. The Labute approximate surface area is 123 Å². The SMILES string of the molecule is COCCN(CC(C)C(=O)O)C(=O)c1ccccc1Cl. The summed E-state index contributed by atoms with van der Waals surface area (Å²) in [6.07, 6.45) is 0. The van der Waals surface area contributed by atoms with Crippen LogP contribution in [0.15, 0.2) is 24.3 Å². The quantitative estimate of drug-likeness (QED) is 0.838. The van der Waals surface area contributed by atoms with Gasteiger partial charge in [-0.05, 0) is 12.1 Å². The van der Waals surface area contributed by atoms with Crippen molar-refractivity contribution in [2.45, 2.75) is 6.92 Å². The first kappa shape index (κ1) is 16.5. The molecular weight excluding hydrogens is 282 g/mol. The number of benzene rings is 1. The molecule has 1 aromatic rings. The Hall–Kier alpha value is -1.59. The third-order valence-electron chi connectivity index (χ3n) is 2.87. The topological polar surface area (TPSA) is 66.8 Å². The summed E-state index contributed by atoms with van der Waals surface area (Å²) in [6, 6.07) is 6.70. The molecule has 0 aliphatic rings. The Kier molecular flexibility index (Phi) is 6.48. The van der Waals surface area contributed by atoms with Crippen molar-refractivity contribution in [2.24, 2.45) is 5.92 Å². The van der Waals surface area contributed by atoms with Crippen LogP contribution in [0.2, 0.25) is 5.02 Å². The van der Waals surface area contributed by atoms with Crippen LogP contribution in [0.5, 0.6) is 0 Å². The molecule has 0 aromatic heterocycles. The first-order valence-electron chi connectivity index (χ1n) is 6.23. The smallest absolute Gasteiger partial charge is 0.308 e. The zero-order valence-electron chi connectivity index (χ0n) is 11.5. The second-order valence-corrected chi connectivity index (χ2v) is 4.87. The van der Waals surface area contributed by atoms with E-state index in [1.54, 1.807) is 31.2 Å². The molecule has 0 saturated carbocycles. The average molecular weight is 300 g/mol. The minimum Gasteiger partial charge on any atom is -0.481 e. The zero-order chi connectivity index (χ0) is 15.1. The van der Waals surface area contributed by atoms with Gasteiger partial charge in [-0.1, -0.05) is 30.7 Å². The highest BCUT2D eigenvalue weighted by molar-refractivity contribution is 6.33. The van der Waals surface area contributed by atoms with Gasteiger partial charge in [-0.2, -0.15) is 0 Å². The minimum atomic E-state index is -0.945. The van der Waals surface area contributed by atoms with Gasteiger partial charge in [0.05, 0.1) is 23.1 Å². The van der Waals surface area contributed by atoms with E-state index in [4.69, 9.17) is 21.4 Å². The van der Waals surface area contributed by atoms with E-state index in [1.807, 2.05) is 0 Å². The maximum atomic E-state index is 12.4. The van der Waals surface area contributed by atoms with E-state index in [2.05, 4.69) is 0 Å². The number of nitrogens with zero attached hydrogens (tertiary/aromatic N) is 1. The lowest BCUT2D eigenvalue weighted by molar-refractivity contribution is -0.141. The van der Waals surface area contributed by atoms with Crippen LogP contribution in [0, 0.1) is 5.92 Å². The normalized spacial score (nSPS) is 11.9. The lowest BCUT2D eigenvalue weighted by Gasteiger charge is -2.24. The maximum absolute atomic E-state index is 12.4. The molecule has 0 aliphatic carbocycles. The number of halogens is 1. The Morgan fingerprint density at radius 3 is 2.60 bits per heavy atom. The number of ether oxygens (including phenoxy) is 1. The van der Waals surface area contributed by atoms with Crippen LogP contribution in [-0.2, 0) is 9.53 Å². The highest BCUT2D eigenvalue weighted by Gasteiger charge is 2.22. The summed E-state index contributed by atoms with van der Waals surface area (Å²) in [4.78, 5) is 24.8. The molecule has 5 nitrogen and oxygen atoms in total. The number of rotatable bonds is 7. The fourth-order valence-electron chi connectivity index (χ4n) is 1.69. The lowest BCUT2D eigenvalue weighted by atomic mass is 10.1. The van der Waals surface area contributed by atoms with Gasteiger partial charge >= 0.3 is 5.97 Å². The summed E-state index contributed by atoms with van der Waals surface area (Å²) >= 11 is 6.00. The number of amides is 1. The van der Waals surface area contributed by atoms with Crippen molar-refractivity contribution >= 4 is 23.5 Å². The first-order chi connectivity index (χ1) is 9.47. The number of hydrogen-bond donors (Lipinski definition) is 1. The van der Waals surface area contributed by atoms with Gasteiger partial charge in [-0.25, -0.2) is 0 Å². The van der Waals surface area contributed by atoms with Crippen LogP contribution >= 0.6 is 11.6 Å². The molecule has 1 amide bonds. The molecule has 1 aromatic carbocycles. The van der Waals surface area contributed by atoms with Gasteiger partial charge < -0.3 is 14.7 Å². The summed E-state index contributed by atoms with van der Waals surface area (Å²) in [7, 11) is 1.53. The molecule has 1 rings (SSSR count). The summed E-state index contributed by atoms with van der Waals surface area (Å²) in [5, 5.41) is 9.32. The van der Waals surface area contributed by atoms with Crippen LogP contribution in [-0.4, -0.2) is 48.7 Å². The molecule has 6 heteroatoms. The predicted octanol–water partition coefficient (Wildman–Crippen LogP) is 2.15. The van der Waals surface area contributed by atoms with Gasteiger partial charge in [-0.15, -0.1) is 0 Å². The zero-order valence-corrected chi connectivity index (χ0v) is 12.3. The van der Waals surface area contributed by atoms with Crippen molar-refractivity contribution in [3.63, 3.8) is 0 Å². The van der Waals surface area contributed by atoms with E-state index in [9.17, 15) is 9.59 Å². The Bertz CT molecular complexity index is 478. The number of methoxy groups -OCH3 is 1. The highest BCUT2D eigenvalue weighted by Crippen LogP contribution is 2.17. The second kappa shape index (κ2) is 7.87. The van der Waals surface area contributed by atoms with Gasteiger partial charge in [0.1, 0.15) is 0 Å². The van der Waals surface area contributed by atoms with Crippen LogP contribution < -0.4 is 0 Å². The summed E-state index contributed by atoms with van der Waals surface area (Å²) in [5.41, 5.74) is 0.364. The molecule has 0 spiro atoms. The fraction of sp³-hybridized carbons (Fsp3) is 0.429. The number of aliphatic carboxylic acids is 1. The second-order valence-electron chi connectivity index (χ2n) is 4.46. The van der Waals surface area contributed by atoms with Crippen molar-refractivity contribution in [2.75, 3.05) is 26.8 Å². The number of carbonyl (C=O) groups excluding carboxylic acids is 1. The predicted molar refractivity (Wildman–Crippen MR) is 76.0 cm³/mol. The number of carbonyl (C=O) groups is 2. The Morgan fingerprint density at radius 2 is 2.05 bits per heavy atom. The van der Waals surface area contributed by atoms with Crippen LogP contribution in [0.25, 0.3) is 0 Å². The standard InChI is InChI=1S/C14H18ClNO4/c1-10(14(18)19)9-16(7-8-20-2)13(17)11-5-3-4-6-12(11)15/h3-6,10H,7-9H2,1-2H3,(H,18,19). The van der Waals surface area contributed by atoms with Crippen LogP contribution in [0.4, 0.5) is 0 Å². The highest BCUT2D eigenvalue weighted by atomic mass is 35.5. The van der Waals surface area contributed by atoms with Crippen molar-refractivity contribution in [3.05, 3.63) is 34.9 Å². The van der Waals surface area contributed by atoms with Crippen molar-refractivity contribution < 1.29 is 19.4 Å². The molecule has 0 fully saturated rings. The van der Waals surface area contributed by atoms with E-state index in [0.717, 1.165) is 0 Å². The average Bonchev–Trinajstić information content (AvgIpc) is 2.42. The van der Waals surface area contributed by atoms with E-state index in [0.29, 0.717) is 23.7 Å². The monoisotopic (exact) mass is 299 g/mol. The van der Waals surface area contributed by atoms with E-state index in [1.165, 1.54) is 12.0 Å². The van der Waals surface area contributed by atoms with Crippen LogP contribution in [0.1, 0.15) is 17.3 Å². The van der Waals surface area contributed by atoms with Crippen LogP contribution in [0.3, 0.4) is 0 Å². The van der Waals surface area contributed by atoms with E-state index < -0.39 is 11.9 Å². The maximum Gasteiger partial charge on any atom is 0.308 e. The molecule has 110 valence electrons. The van der Waals surface area contributed by atoms with Crippen molar-refractivity contribution in [1.29, 1.82) is 0 Å². The molecule has 20 heavy (non-hydrogen) atoms. The molecule has 1 atom stereocenters. The Balaban J connectivity index is 2.89. The first-order valence-corrected chi connectivity index (χ1v) is 6.60. The lowest BCUT2D eigenvalue weighted by Crippen LogP contribution is -2.39.